The summed E-state index contributed by atoms with van der Waals surface area (Å²) in [4.78, 5) is 15.1. The van der Waals surface area contributed by atoms with E-state index >= 15 is 0 Å². The predicted molar refractivity (Wildman–Crippen MR) is 103 cm³/mol. The number of hydrogen-bond acceptors (Lipinski definition) is 5. The number of benzene rings is 1. The Morgan fingerprint density at radius 2 is 2.00 bits per heavy atom. The first-order valence-corrected chi connectivity index (χ1v) is 11.0. The van der Waals surface area contributed by atoms with Gasteiger partial charge in [-0.05, 0) is 57.0 Å². The summed E-state index contributed by atoms with van der Waals surface area (Å²) >= 11 is 0. The van der Waals surface area contributed by atoms with Crippen LogP contribution in [0.1, 0.15) is 28.8 Å². The first-order valence-electron chi connectivity index (χ1n) is 9.56. The van der Waals surface area contributed by atoms with E-state index in [0.29, 0.717) is 49.9 Å². The number of likely N-dealkylation sites (tertiary alicyclic amines) is 1. The summed E-state index contributed by atoms with van der Waals surface area (Å²) in [6.07, 6.45) is 2.08. The number of sulfonamides is 1. The number of ether oxygens (including phenoxy) is 1. The molecule has 3 rings (SSSR count). The van der Waals surface area contributed by atoms with Crippen molar-refractivity contribution in [2.75, 3.05) is 53.0 Å². The molecule has 2 heterocycles. The maximum atomic E-state index is 13.0. The monoisotopic (exact) mass is 395 g/mol. The first kappa shape index (κ1) is 20.3. The van der Waals surface area contributed by atoms with Crippen LogP contribution in [0.25, 0.3) is 0 Å². The van der Waals surface area contributed by atoms with E-state index in [4.69, 9.17) is 4.74 Å². The molecule has 0 radical (unpaired) electrons. The Hall–Kier alpha value is -1.48. The molecule has 8 heteroatoms. The molecule has 0 aromatic heterocycles. The highest BCUT2D eigenvalue weighted by molar-refractivity contribution is 7.89. The highest BCUT2D eigenvalue weighted by Crippen LogP contribution is 2.24. The van der Waals surface area contributed by atoms with Crippen LogP contribution in [0, 0.1) is 12.8 Å². The van der Waals surface area contributed by atoms with Gasteiger partial charge in [0.05, 0.1) is 18.1 Å². The molecule has 0 bridgehead atoms. The summed E-state index contributed by atoms with van der Waals surface area (Å²) < 4.78 is 32.8. The summed E-state index contributed by atoms with van der Waals surface area (Å²) in [7, 11) is -1.71. The molecule has 2 aliphatic heterocycles. The Bertz CT molecular complexity index is 773. The average molecular weight is 396 g/mol. The molecule has 1 aromatic carbocycles. The standard InChI is InChI=1S/C19H29N3O4S/c1-15-5-6-17(19(23)21-7-3-4-16(14-21)13-20-2)12-18(15)27(24,25)22-8-10-26-11-9-22/h5-6,12,16,20H,3-4,7-11,13-14H2,1-2H3. The molecule has 150 valence electrons. The second kappa shape index (κ2) is 8.68. The number of nitrogens with one attached hydrogen (secondary N) is 1. The van der Waals surface area contributed by atoms with Crippen molar-refractivity contribution in [2.45, 2.75) is 24.7 Å². The molecule has 2 saturated heterocycles. The number of aryl methyl sites for hydroxylation is 1. The second-order valence-corrected chi connectivity index (χ2v) is 9.22. The lowest BCUT2D eigenvalue weighted by atomic mass is 9.97. The van der Waals surface area contributed by atoms with E-state index in [1.807, 2.05) is 11.9 Å². The summed E-state index contributed by atoms with van der Waals surface area (Å²) in [6, 6.07) is 5.01. The zero-order valence-electron chi connectivity index (χ0n) is 16.1. The molecule has 2 aliphatic rings. The van der Waals surface area contributed by atoms with Gasteiger partial charge in [-0.3, -0.25) is 4.79 Å². The van der Waals surface area contributed by atoms with Gasteiger partial charge in [0.25, 0.3) is 5.91 Å². The van der Waals surface area contributed by atoms with Crippen LogP contribution in [0.15, 0.2) is 23.1 Å². The topological polar surface area (TPSA) is 79.0 Å². The Labute approximate surface area is 161 Å². The Morgan fingerprint density at radius 3 is 2.70 bits per heavy atom. The summed E-state index contributed by atoms with van der Waals surface area (Å²) in [6.45, 7) is 5.57. The van der Waals surface area contributed by atoms with Crippen LogP contribution in [0.3, 0.4) is 0 Å². The molecule has 0 aliphatic carbocycles. The number of carbonyl (C=O) groups is 1. The van der Waals surface area contributed by atoms with Crippen molar-refractivity contribution >= 4 is 15.9 Å². The molecule has 7 nitrogen and oxygen atoms in total. The lowest BCUT2D eigenvalue weighted by molar-refractivity contribution is 0.0673. The van der Waals surface area contributed by atoms with Crippen LogP contribution < -0.4 is 5.32 Å². The van der Waals surface area contributed by atoms with Crippen LogP contribution in [0.2, 0.25) is 0 Å². The number of rotatable bonds is 5. The highest BCUT2D eigenvalue weighted by atomic mass is 32.2. The molecule has 1 unspecified atom stereocenters. The van der Waals surface area contributed by atoms with E-state index in [1.54, 1.807) is 25.1 Å². The average Bonchev–Trinajstić information content (AvgIpc) is 2.69. The molecular weight excluding hydrogens is 366 g/mol. The summed E-state index contributed by atoms with van der Waals surface area (Å²) in [5.41, 5.74) is 1.10. The number of nitrogens with zero attached hydrogens (tertiary/aromatic N) is 2. The number of morpholine rings is 1. The van der Waals surface area contributed by atoms with Crippen LogP contribution in [-0.2, 0) is 14.8 Å². The quantitative estimate of drug-likeness (QED) is 0.807. The Kier molecular flexibility index (Phi) is 6.52. The van der Waals surface area contributed by atoms with Crippen molar-refractivity contribution in [1.29, 1.82) is 0 Å². The third kappa shape index (κ3) is 4.51. The van der Waals surface area contributed by atoms with Crippen molar-refractivity contribution in [2.24, 2.45) is 5.92 Å². The van der Waals surface area contributed by atoms with Crippen LogP contribution in [-0.4, -0.2) is 76.5 Å². The molecule has 0 spiro atoms. The van der Waals surface area contributed by atoms with Gasteiger partial charge in [-0.25, -0.2) is 8.42 Å². The number of piperidine rings is 1. The van der Waals surface area contributed by atoms with Gasteiger partial charge in [0.15, 0.2) is 0 Å². The first-order chi connectivity index (χ1) is 12.9. The zero-order chi connectivity index (χ0) is 19.4. The second-order valence-electron chi connectivity index (χ2n) is 7.31. The summed E-state index contributed by atoms with van der Waals surface area (Å²) in [5, 5.41) is 3.18. The Morgan fingerprint density at radius 1 is 1.26 bits per heavy atom. The van der Waals surface area contributed by atoms with Crippen molar-refractivity contribution in [1.82, 2.24) is 14.5 Å². The maximum Gasteiger partial charge on any atom is 0.253 e. The van der Waals surface area contributed by atoms with Crippen LogP contribution in [0.4, 0.5) is 0 Å². The minimum atomic E-state index is -3.63. The molecule has 2 fully saturated rings. The normalized spacial score (nSPS) is 22.0. The third-order valence-corrected chi connectivity index (χ3v) is 7.36. The lowest BCUT2D eigenvalue weighted by Gasteiger charge is -2.33. The number of carbonyl (C=O) groups excluding carboxylic acids is 1. The van der Waals surface area contributed by atoms with E-state index in [1.165, 1.54) is 4.31 Å². The minimum Gasteiger partial charge on any atom is -0.379 e. The fourth-order valence-corrected chi connectivity index (χ4v) is 5.48. The van der Waals surface area contributed by atoms with E-state index < -0.39 is 10.0 Å². The van der Waals surface area contributed by atoms with Gasteiger partial charge in [-0.15, -0.1) is 0 Å². The fraction of sp³-hybridized carbons (Fsp3) is 0.632. The lowest BCUT2D eigenvalue weighted by Crippen LogP contribution is -2.43. The van der Waals surface area contributed by atoms with Gasteiger partial charge in [0.1, 0.15) is 0 Å². The van der Waals surface area contributed by atoms with Crippen molar-refractivity contribution in [3.05, 3.63) is 29.3 Å². The zero-order valence-corrected chi connectivity index (χ0v) is 16.9. The van der Waals surface area contributed by atoms with Crippen LogP contribution in [0.5, 0.6) is 0 Å². The smallest absolute Gasteiger partial charge is 0.253 e. The van der Waals surface area contributed by atoms with Crippen LogP contribution >= 0.6 is 0 Å². The largest absolute Gasteiger partial charge is 0.379 e. The van der Waals surface area contributed by atoms with E-state index in [2.05, 4.69) is 5.32 Å². The van der Waals surface area contributed by atoms with E-state index in [0.717, 1.165) is 25.9 Å². The van der Waals surface area contributed by atoms with Gasteiger partial charge in [0, 0.05) is 31.7 Å². The fourth-order valence-electron chi connectivity index (χ4n) is 3.82. The van der Waals surface area contributed by atoms with Gasteiger partial charge in [-0.1, -0.05) is 6.07 Å². The molecule has 1 aromatic rings. The van der Waals surface area contributed by atoms with E-state index in [9.17, 15) is 13.2 Å². The third-order valence-electron chi connectivity index (χ3n) is 5.32. The Balaban J connectivity index is 1.83. The van der Waals surface area contributed by atoms with Gasteiger partial charge in [0.2, 0.25) is 10.0 Å². The molecule has 1 N–H and O–H groups in total. The minimum absolute atomic E-state index is 0.0887. The van der Waals surface area contributed by atoms with E-state index in [-0.39, 0.29) is 10.8 Å². The molecule has 27 heavy (non-hydrogen) atoms. The predicted octanol–water partition coefficient (Wildman–Crippen LogP) is 1.09. The van der Waals surface area contributed by atoms with Gasteiger partial charge in [-0.2, -0.15) is 4.31 Å². The highest BCUT2D eigenvalue weighted by Gasteiger charge is 2.30. The van der Waals surface area contributed by atoms with Crippen molar-refractivity contribution in [3.8, 4) is 0 Å². The van der Waals surface area contributed by atoms with Crippen molar-refractivity contribution < 1.29 is 17.9 Å². The number of amides is 1. The maximum absolute atomic E-state index is 13.0. The molecule has 1 amide bonds. The van der Waals surface area contributed by atoms with Gasteiger partial charge < -0.3 is 15.0 Å². The molecule has 1 atom stereocenters. The summed E-state index contributed by atoms with van der Waals surface area (Å²) in [5.74, 6) is 0.351. The molecular formula is C19H29N3O4S. The molecule has 0 saturated carbocycles. The van der Waals surface area contributed by atoms with Gasteiger partial charge >= 0.3 is 0 Å². The SMILES string of the molecule is CNCC1CCCN(C(=O)c2ccc(C)c(S(=O)(=O)N3CCOCC3)c2)C1. The van der Waals surface area contributed by atoms with Crippen molar-refractivity contribution in [3.63, 3.8) is 0 Å². The number of hydrogen-bond donors (Lipinski definition) is 1.